The fourth-order valence-corrected chi connectivity index (χ4v) is 2.52. The number of fused-ring (bicyclic) bond motifs is 3. The summed E-state index contributed by atoms with van der Waals surface area (Å²) in [5, 5.41) is 12.3. The standard InChI is InChI=1S/C18H17NO2/c1-18(2,3)15-10-14(17(20)21)13-9-8-11-6-4-5-7-12(11)16(13)19-15/h4-10H,1-3H3,(H,20,21). The largest absolute Gasteiger partial charge is 0.478 e. The van der Waals surface area contributed by atoms with Gasteiger partial charge in [0.05, 0.1) is 11.1 Å². The normalized spacial score (nSPS) is 12.0. The highest BCUT2D eigenvalue weighted by molar-refractivity contribution is 6.12. The van der Waals surface area contributed by atoms with Gasteiger partial charge in [0.2, 0.25) is 0 Å². The van der Waals surface area contributed by atoms with E-state index in [9.17, 15) is 9.90 Å². The van der Waals surface area contributed by atoms with Crippen LogP contribution in [0.1, 0.15) is 36.8 Å². The number of rotatable bonds is 1. The Bertz CT molecular complexity index is 860. The molecule has 3 aromatic rings. The van der Waals surface area contributed by atoms with Crippen LogP contribution in [-0.4, -0.2) is 16.1 Å². The molecule has 0 aliphatic carbocycles. The summed E-state index contributed by atoms with van der Waals surface area (Å²) in [6, 6.07) is 13.4. The van der Waals surface area contributed by atoms with Crippen molar-refractivity contribution in [1.29, 1.82) is 0 Å². The van der Waals surface area contributed by atoms with Crippen LogP contribution in [-0.2, 0) is 5.41 Å². The summed E-state index contributed by atoms with van der Waals surface area (Å²) in [5.41, 5.74) is 1.67. The highest BCUT2D eigenvalue weighted by Crippen LogP contribution is 2.30. The van der Waals surface area contributed by atoms with Crippen molar-refractivity contribution in [3.63, 3.8) is 0 Å². The van der Waals surface area contributed by atoms with E-state index in [4.69, 9.17) is 4.98 Å². The minimum atomic E-state index is -0.914. The van der Waals surface area contributed by atoms with Crippen molar-refractivity contribution in [1.82, 2.24) is 4.98 Å². The number of carboxylic acids is 1. The first kappa shape index (κ1) is 13.6. The van der Waals surface area contributed by atoms with Crippen LogP contribution in [0.3, 0.4) is 0 Å². The first-order chi connectivity index (χ1) is 9.88. The summed E-state index contributed by atoms with van der Waals surface area (Å²) in [6.45, 7) is 6.12. The second-order valence-electron chi connectivity index (χ2n) is 6.29. The van der Waals surface area contributed by atoms with Gasteiger partial charge >= 0.3 is 5.97 Å². The molecule has 0 saturated heterocycles. The van der Waals surface area contributed by atoms with Crippen LogP contribution in [0.4, 0.5) is 0 Å². The molecule has 3 heteroatoms. The van der Waals surface area contributed by atoms with Crippen molar-refractivity contribution in [2.75, 3.05) is 0 Å². The zero-order valence-corrected chi connectivity index (χ0v) is 12.3. The highest BCUT2D eigenvalue weighted by Gasteiger charge is 2.21. The molecule has 3 rings (SSSR count). The maximum atomic E-state index is 11.6. The van der Waals surface area contributed by atoms with Gasteiger partial charge in [-0.1, -0.05) is 57.2 Å². The third kappa shape index (κ3) is 2.25. The van der Waals surface area contributed by atoms with Gasteiger partial charge in [0.1, 0.15) is 0 Å². The average Bonchev–Trinajstić information content (AvgIpc) is 2.44. The number of benzene rings is 2. The number of aromatic nitrogens is 1. The first-order valence-corrected chi connectivity index (χ1v) is 6.94. The molecule has 0 unspecified atom stereocenters. The van der Waals surface area contributed by atoms with Crippen molar-refractivity contribution in [3.05, 3.63) is 53.7 Å². The molecule has 0 bridgehead atoms. The highest BCUT2D eigenvalue weighted by atomic mass is 16.4. The van der Waals surface area contributed by atoms with Crippen molar-refractivity contribution in [2.45, 2.75) is 26.2 Å². The van der Waals surface area contributed by atoms with Gasteiger partial charge in [-0.25, -0.2) is 4.79 Å². The molecule has 106 valence electrons. The Morgan fingerprint density at radius 2 is 1.76 bits per heavy atom. The van der Waals surface area contributed by atoms with Crippen LogP contribution in [0.5, 0.6) is 0 Å². The van der Waals surface area contributed by atoms with Crippen molar-refractivity contribution < 1.29 is 9.90 Å². The van der Waals surface area contributed by atoms with Gasteiger partial charge in [-0.2, -0.15) is 0 Å². The topological polar surface area (TPSA) is 50.2 Å². The van der Waals surface area contributed by atoms with E-state index >= 15 is 0 Å². The minimum Gasteiger partial charge on any atom is -0.478 e. The lowest BCUT2D eigenvalue weighted by molar-refractivity contribution is 0.0699. The van der Waals surface area contributed by atoms with Gasteiger partial charge in [0, 0.05) is 21.9 Å². The maximum Gasteiger partial charge on any atom is 0.336 e. The van der Waals surface area contributed by atoms with E-state index in [0.717, 1.165) is 22.0 Å². The van der Waals surface area contributed by atoms with E-state index in [1.165, 1.54) is 0 Å². The summed E-state index contributed by atoms with van der Waals surface area (Å²) in [4.78, 5) is 16.4. The molecule has 3 nitrogen and oxygen atoms in total. The molecule has 21 heavy (non-hydrogen) atoms. The molecule has 0 aliphatic rings. The third-order valence-electron chi connectivity index (χ3n) is 3.70. The second-order valence-corrected chi connectivity index (χ2v) is 6.29. The Kier molecular flexibility index (Phi) is 2.94. The Morgan fingerprint density at radius 1 is 1.05 bits per heavy atom. The van der Waals surface area contributed by atoms with Crippen LogP contribution < -0.4 is 0 Å². The Labute approximate surface area is 123 Å². The molecular formula is C18H17NO2. The number of carbonyl (C=O) groups is 1. The zero-order valence-electron chi connectivity index (χ0n) is 12.3. The molecular weight excluding hydrogens is 262 g/mol. The lowest BCUT2D eigenvalue weighted by Crippen LogP contribution is -2.15. The van der Waals surface area contributed by atoms with Gasteiger partial charge in [0.15, 0.2) is 0 Å². The Hall–Kier alpha value is -2.42. The Balaban J connectivity index is 2.51. The molecule has 0 spiro atoms. The van der Waals surface area contributed by atoms with E-state index < -0.39 is 5.97 Å². The lowest BCUT2D eigenvalue weighted by Gasteiger charge is -2.19. The summed E-state index contributed by atoms with van der Waals surface area (Å²) in [7, 11) is 0. The molecule has 0 aliphatic heterocycles. The van der Waals surface area contributed by atoms with Crippen LogP contribution >= 0.6 is 0 Å². The van der Waals surface area contributed by atoms with Crippen molar-refractivity contribution in [3.8, 4) is 0 Å². The lowest BCUT2D eigenvalue weighted by atomic mass is 9.89. The fraction of sp³-hybridized carbons (Fsp3) is 0.222. The van der Waals surface area contributed by atoms with Crippen molar-refractivity contribution >= 4 is 27.6 Å². The van der Waals surface area contributed by atoms with Gasteiger partial charge in [0.25, 0.3) is 0 Å². The SMILES string of the molecule is CC(C)(C)c1cc(C(=O)O)c2ccc3ccccc3c2n1. The van der Waals surface area contributed by atoms with E-state index in [1.807, 2.05) is 57.2 Å². The molecule has 2 aromatic carbocycles. The maximum absolute atomic E-state index is 11.6. The smallest absolute Gasteiger partial charge is 0.336 e. The number of nitrogens with zero attached hydrogens (tertiary/aromatic N) is 1. The molecule has 0 fully saturated rings. The van der Waals surface area contributed by atoms with E-state index in [0.29, 0.717) is 10.9 Å². The van der Waals surface area contributed by atoms with Crippen molar-refractivity contribution in [2.24, 2.45) is 0 Å². The van der Waals surface area contributed by atoms with Gasteiger partial charge in [-0.15, -0.1) is 0 Å². The van der Waals surface area contributed by atoms with Crippen LogP contribution in [0.25, 0.3) is 21.7 Å². The average molecular weight is 279 g/mol. The summed E-state index contributed by atoms with van der Waals surface area (Å²) < 4.78 is 0. The van der Waals surface area contributed by atoms with Gasteiger partial charge < -0.3 is 5.11 Å². The number of carboxylic acid groups (broad SMARTS) is 1. The van der Waals surface area contributed by atoms with Crippen LogP contribution in [0, 0.1) is 0 Å². The van der Waals surface area contributed by atoms with E-state index in [2.05, 4.69) is 0 Å². The fourth-order valence-electron chi connectivity index (χ4n) is 2.52. The molecule has 0 atom stereocenters. The van der Waals surface area contributed by atoms with Crippen LogP contribution in [0.2, 0.25) is 0 Å². The predicted octanol–water partition coefficient (Wildman–Crippen LogP) is 4.38. The zero-order chi connectivity index (χ0) is 15.2. The summed E-state index contributed by atoms with van der Waals surface area (Å²) >= 11 is 0. The second kappa shape index (κ2) is 4.55. The molecule has 1 aromatic heterocycles. The molecule has 1 N–H and O–H groups in total. The quantitative estimate of drug-likeness (QED) is 0.672. The number of pyridine rings is 1. The summed E-state index contributed by atoms with van der Waals surface area (Å²) in [5.74, 6) is -0.914. The predicted molar refractivity (Wildman–Crippen MR) is 84.9 cm³/mol. The molecule has 0 saturated carbocycles. The minimum absolute atomic E-state index is 0.199. The molecule has 1 heterocycles. The van der Waals surface area contributed by atoms with Crippen LogP contribution in [0.15, 0.2) is 42.5 Å². The number of hydrogen-bond donors (Lipinski definition) is 1. The number of aromatic carboxylic acids is 1. The Morgan fingerprint density at radius 3 is 2.43 bits per heavy atom. The van der Waals surface area contributed by atoms with Gasteiger partial charge in [-0.3, -0.25) is 4.98 Å². The first-order valence-electron chi connectivity index (χ1n) is 6.94. The van der Waals surface area contributed by atoms with E-state index in [-0.39, 0.29) is 5.41 Å². The molecule has 0 radical (unpaired) electrons. The summed E-state index contributed by atoms with van der Waals surface area (Å²) in [6.07, 6.45) is 0. The monoisotopic (exact) mass is 279 g/mol. The van der Waals surface area contributed by atoms with E-state index in [1.54, 1.807) is 6.07 Å². The molecule has 0 amide bonds. The third-order valence-corrected chi connectivity index (χ3v) is 3.70. The number of hydrogen-bond acceptors (Lipinski definition) is 2. The van der Waals surface area contributed by atoms with Gasteiger partial charge in [-0.05, 0) is 11.5 Å².